The second kappa shape index (κ2) is 12.9. The van der Waals surface area contributed by atoms with Crippen LogP contribution >= 0.6 is 0 Å². The van der Waals surface area contributed by atoms with Gasteiger partial charge in [-0.15, -0.1) is 0 Å². The molecule has 0 saturated carbocycles. The van der Waals surface area contributed by atoms with Gasteiger partial charge in [0.1, 0.15) is 0 Å². The van der Waals surface area contributed by atoms with E-state index in [9.17, 15) is 9.59 Å². The molecule has 4 rings (SSSR count). The first-order chi connectivity index (χ1) is 18.1. The second-order valence-electron chi connectivity index (χ2n) is 9.43. The summed E-state index contributed by atoms with van der Waals surface area (Å²) in [7, 11) is 0. The van der Waals surface area contributed by atoms with E-state index >= 15 is 0 Å². The Morgan fingerprint density at radius 2 is 1.57 bits per heavy atom. The third-order valence-corrected chi connectivity index (χ3v) is 7.00. The number of carbonyl (C=O) groups is 2. The number of anilines is 1. The van der Waals surface area contributed by atoms with Gasteiger partial charge in [0.05, 0.1) is 0 Å². The Morgan fingerprint density at radius 3 is 2.24 bits per heavy atom. The summed E-state index contributed by atoms with van der Waals surface area (Å²) in [4.78, 5) is 29.4. The van der Waals surface area contributed by atoms with Crippen LogP contribution in [0.5, 0.6) is 0 Å². The molecule has 0 aliphatic carbocycles. The molecule has 2 amide bonds. The van der Waals surface area contributed by atoms with Gasteiger partial charge in [-0.2, -0.15) is 0 Å². The number of amides is 2. The highest BCUT2D eigenvalue weighted by atomic mass is 16.2. The van der Waals surface area contributed by atoms with Crippen LogP contribution in [0.25, 0.3) is 6.08 Å². The van der Waals surface area contributed by atoms with Gasteiger partial charge in [0.25, 0.3) is 11.8 Å². The zero-order valence-corrected chi connectivity index (χ0v) is 22.0. The van der Waals surface area contributed by atoms with Gasteiger partial charge in [0, 0.05) is 49.5 Å². The Hall–Kier alpha value is -3.86. The van der Waals surface area contributed by atoms with Crippen LogP contribution in [-0.2, 0) is 6.42 Å². The first-order valence-electron chi connectivity index (χ1n) is 13.3. The molecule has 1 N–H and O–H groups in total. The van der Waals surface area contributed by atoms with E-state index in [0.717, 1.165) is 62.3 Å². The Kier molecular flexibility index (Phi) is 9.14. The molecular formula is C32H37N3O2. The normalized spacial score (nSPS) is 13.2. The molecule has 1 aliphatic rings. The predicted molar refractivity (Wildman–Crippen MR) is 152 cm³/mol. The van der Waals surface area contributed by atoms with Gasteiger partial charge >= 0.3 is 0 Å². The van der Waals surface area contributed by atoms with Gasteiger partial charge in [-0.1, -0.05) is 60.2 Å². The fraction of sp³-hybridized carbons (Fsp3) is 0.312. The molecule has 5 heteroatoms. The van der Waals surface area contributed by atoms with Crippen molar-refractivity contribution >= 4 is 23.6 Å². The van der Waals surface area contributed by atoms with Crippen LogP contribution in [0, 0.1) is 0 Å². The molecule has 0 atom stereocenters. The van der Waals surface area contributed by atoms with E-state index in [-0.39, 0.29) is 11.8 Å². The van der Waals surface area contributed by atoms with Gasteiger partial charge in [0.2, 0.25) is 0 Å². The fourth-order valence-electron chi connectivity index (χ4n) is 4.76. The van der Waals surface area contributed by atoms with Crippen LogP contribution in [0.1, 0.15) is 58.5 Å². The molecule has 3 aromatic carbocycles. The molecule has 0 aromatic heterocycles. The Balaban J connectivity index is 1.30. The van der Waals surface area contributed by atoms with Gasteiger partial charge in [0.15, 0.2) is 0 Å². The van der Waals surface area contributed by atoms with Crippen LogP contribution in [0.2, 0.25) is 0 Å². The summed E-state index contributed by atoms with van der Waals surface area (Å²) in [6, 6.07) is 26.1. The van der Waals surface area contributed by atoms with E-state index in [2.05, 4.69) is 34.5 Å². The molecule has 0 bridgehead atoms. The monoisotopic (exact) mass is 495 g/mol. The molecule has 5 nitrogen and oxygen atoms in total. The maximum atomic E-state index is 12.7. The van der Waals surface area contributed by atoms with E-state index in [4.69, 9.17) is 0 Å². The lowest BCUT2D eigenvalue weighted by atomic mass is 9.99. The average molecular weight is 496 g/mol. The first-order valence-corrected chi connectivity index (χ1v) is 13.3. The zero-order valence-electron chi connectivity index (χ0n) is 22.0. The van der Waals surface area contributed by atoms with Crippen molar-refractivity contribution in [3.8, 4) is 0 Å². The zero-order chi connectivity index (χ0) is 26.0. The van der Waals surface area contributed by atoms with Crippen molar-refractivity contribution < 1.29 is 9.59 Å². The standard InChI is InChI=1S/C32H37N3O2/c1-3-34(4-2)32(37)28-15-13-26(14-16-28)23-27-18-21-35(22-19-27)30-12-8-11-29(24-30)31(36)33-20-17-25-9-6-5-7-10-25/h5-16,23-24H,3-4,17-22H2,1-2H3,(H,33,36). The molecule has 1 saturated heterocycles. The minimum Gasteiger partial charge on any atom is -0.371 e. The topological polar surface area (TPSA) is 52.7 Å². The van der Waals surface area contributed by atoms with Gasteiger partial charge in [-0.25, -0.2) is 0 Å². The Morgan fingerprint density at radius 1 is 0.865 bits per heavy atom. The second-order valence-corrected chi connectivity index (χ2v) is 9.43. The molecule has 1 heterocycles. The largest absolute Gasteiger partial charge is 0.371 e. The molecule has 1 fully saturated rings. The number of carbonyl (C=O) groups excluding carboxylic acids is 2. The van der Waals surface area contributed by atoms with E-state index in [1.54, 1.807) is 0 Å². The van der Waals surface area contributed by atoms with Crippen LogP contribution in [0.3, 0.4) is 0 Å². The summed E-state index contributed by atoms with van der Waals surface area (Å²) in [6.07, 6.45) is 5.03. The van der Waals surface area contributed by atoms with Crippen molar-refractivity contribution in [2.75, 3.05) is 37.6 Å². The molecular weight excluding hydrogens is 458 g/mol. The van der Waals surface area contributed by atoms with Crippen LogP contribution in [-0.4, -0.2) is 49.4 Å². The quantitative estimate of drug-likeness (QED) is 0.407. The Labute approximate surface area is 220 Å². The lowest BCUT2D eigenvalue weighted by Crippen LogP contribution is -2.31. The maximum absolute atomic E-state index is 12.7. The van der Waals surface area contributed by atoms with Gasteiger partial charge in [-0.3, -0.25) is 9.59 Å². The highest BCUT2D eigenvalue weighted by Gasteiger charge is 2.16. The van der Waals surface area contributed by atoms with E-state index in [1.807, 2.05) is 79.4 Å². The van der Waals surface area contributed by atoms with Crippen LogP contribution in [0.15, 0.2) is 84.4 Å². The van der Waals surface area contributed by atoms with Gasteiger partial charge in [-0.05, 0) is 74.6 Å². The first kappa shape index (κ1) is 26.2. The lowest BCUT2D eigenvalue weighted by molar-refractivity contribution is 0.0772. The highest BCUT2D eigenvalue weighted by Crippen LogP contribution is 2.25. The summed E-state index contributed by atoms with van der Waals surface area (Å²) in [6.45, 7) is 7.91. The molecule has 3 aromatic rings. The smallest absolute Gasteiger partial charge is 0.253 e. The third-order valence-electron chi connectivity index (χ3n) is 7.00. The average Bonchev–Trinajstić information content (AvgIpc) is 2.95. The number of nitrogens with zero attached hydrogens (tertiary/aromatic N) is 2. The summed E-state index contributed by atoms with van der Waals surface area (Å²) >= 11 is 0. The number of nitrogens with one attached hydrogen (secondary N) is 1. The van der Waals surface area contributed by atoms with E-state index < -0.39 is 0 Å². The van der Waals surface area contributed by atoms with E-state index in [0.29, 0.717) is 12.1 Å². The number of hydrogen-bond acceptors (Lipinski definition) is 3. The summed E-state index contributed by atoms with van der Waals surface area (Å²) in [5.41, 5.74) is 6.30. The van der Waals surface area contributed by atoms with Crippen molar-refractivity contribution in [3.63, 3.8) is 0 Å². The SMILES string of the molecule is CCN(CC)C(=O)c1ccc(C=C2CCN(c3cccc(C(=O)NCCc4ccccc4)c3)CC2)cc1. The minimum atomic E-state index is -0.0294. The predicted octanol–water partition coefficient (Wildman–Crippen LogP) is 5.82. The maximum Gasteiger partial charge on any atom is 0.253 e. The number of benzene rings is 3. The highest BCUT2D eigenvalue weighted by molar-refractivity contribution is 5.95. The molecule has 1 aliphatic heterocycles. The molecule has 37 heavy (non-hydrogen) atoms. The number of hydrogen-bond donors (Lipinski definition) is 1. The van der Waals surface area contributed by atoms with Crippen LogP contribution in [0.4, 0.5) is 5.69 Å². The van der Waals surface area contributed by atoms with Crippen molar-refractivity contribution in [1.82, 2.24) is 10.2 Å². The fourth-order valence-corrected chi connectivity index (χ4v) is 4.76. The summed E-state index contributed by atoms with van der Waals surface area (Å²) in [5, 5.41) is 3.05. The summed E-state index contributed by atoms with van der Waals surface area (Å²) in [5.74, 6) is 0.0583. The third kappa shape index (κ3) is 7.10. The van der Waals surface area contributed by atoms with Crippen molar-refractivity contribution in [2.24, 2.45) is 0 Å². The molecule has 0 spiro atoms. The minimum absolute atomic E-state index is 0.0294. The number of rotatable bonds is 9. The van der Waals surface area contributed by atoms with Crippen molar-refractivity contribution in [2.45, 2.75) is 33.1 Å². The van der Waals surface area contributed by atoms with Crippen molar-refractivity contribution in [3.05, 3.63) is 107 Å². The van der Waals surface area contributed by atoms with Crippen LogP contribution < -0.4 is 10.2 Å². The molecule has 0 unspecified atom stereocenters. The summed E-state index contributed by atoms with van der Waals surface area (Å²) < 4.78 is 0. The van der Waals surface area contributed by atoms with Crippen molar-refractivity contribution in [1.29, 1.82) is 0 Å². The van der Waals surface area contributed by atoms with Gasteiger partial charge < -0.3 is 15.1 Å². The molecule has 0 radical (unpaired) electrons. The Bertz CT molecular complexity index is 1200. The molecule has 192 valence electrons. The van der Waals surface area contributed by atoms with E-state index in [1.165, 1.54) is 11.1 Å². The number of piperidine rings is 1. The lowest BCUT2D eigenvalue weighted by Gasteiger charge is -2.30.